The van der Waals surface area contributed by atoms with Gasteiger partial charge in [-0.3, -0.25) is 9.59 Å². The van der Waals surface area contributed by atoms with Crippen LogP contribution in [0, 0.1) is 5.92 Å². The lowest BCUT2D eigenvalue weighted by Crippen LogP contribution is -2.20. The molecule has 3 rings (SSSR count). The van der Waals surface area contributed by atoms with Gasteiger partial charge in [0.05, 0.1) is 12.3 Å². The van der Waals surface area contributed by atoms with Crippen molar-refractivity contribution in [3.63, 3.8) is 0 Å². The predicted octanol–water partition coefficient (Wildman–Crippen LogP) is 1.39. The number of anilines is 1. The largest absolute Gasteiger partial charge is 0.481 e. The molecule has 1 saturated carbocycles. The normalized spacial score (nSPS) is 25.9. The maximum absolute atomic E-state index is 11.5. The number of benzene rings is 1. The van der Waals surface area contributed by atoms with Gasteiger partial charge in [0, 0.05) is 12.7 Å². The van der Waals surface area contributed by atoms with Crippen LogP contribution in [0.3, 0.4) is 0 Å². The second-order valence-electron chi connectivity index (χ2n) is 4.80. The molecule has 1 heterocycles. The second kappa shape index (κ2) is 3.32. The third kappa shape index (κ3) is 1.52. The van der Waals surface area contributed by atoms with Crippen LogP contribution in [-0.2, 0) is 16.0 Å². The highest BCUT2D eigenvalue weighted by Gasteiger charge is 2.44. The Labute approximate surface area is 98.9 Å². The van der Waals surface area contributed by atoms with Crippen LogP contribution in [0.2, 0.25) is 0 Å². The zero-order valence-electron chi connectivity index (χ0n) is 9.51. The Morgan fingerprint density at radius 3 is 2.88 bits per heavy atom. The first-order valence-electron chi connectivity index (χ1n) is 5.70. The molecule has 2 unspecified atom stereocenters. The molecule has 1 N–H and O–H groups in total. The minimum Gasteiger partial charge on any atom is -0.481 e. The third-order valence-corrected chi connectivity index (χ3v) is 3.72. The zero-order valence-corrected chi connectivity index (χ0v) is 9.51. The highest BCUT2D eigenvalue weighted by Crippen LogP contribution is 2.48. The number of fused-ring (bicyclic) bond motifs is 1. The van der Waals surface area contributed by atoms with Crippen molar-refractivity contribution >= 4 is 17.6 Å². The molecule has 1 aliphatic carbocycles. The molecule has 17 heavy (non-hydrogen) atoms. The average molecular weight is 231 g/mol. The van der Waals surface area contributed by atoms with Crippen molar-refractivity contribution in [1.82, 2.24) is 0 Å². The van der Waals surface area contributed by atoms with Crippen LogP contribution < -0.4 is 4.90 Å². The first-order chi connectivity index (χ1) is 8.08. The number of hydrogen-bond acceptors (Lipinski definition) is 2. The van der Waals surface area contributed by atoms with Gasteiger partial charge in [0.15, 0.2) is 0 Å². The fourth-order valence-corrected chi connectivity index (χ4v) is 2.56. The molecular formula is C13H13NO3. The summed E-state index contributed by atoms with van der Waals surface area (Å²) in [6, 6.07) is 5.86. The molecule has 1 aromatic carbocycles. The zero-order chi connectivity index (χ0) is 12.2. The highest BCUT2D eigenvalue weighted by atomic mass is 16.4. The summed E-state index contributed by atoms with van der Waals surface area (Å²) in [6.45, 7) is 0. The van der Waals surface area contributed by atoms with E-state index in [4.69, 9.17) is 5.11 Å². The van der Waals surface area contributed by atoms with Crippen molar-refractivity contribution in [3.8, 4) is 0 Å². The highest BCUT2D eigenvalue weighted by molar-refractivity contribution is 6.01. The van der Waals surface area contributed by atoms with Crippen LogP contribution >= 0.6 is 0 Å². The van der Waals surface area contributed by atoms with Crippen LogP contribution in [0.15, 0.2) is 18.2 Å². The molecule has 1 amide bonds. The minimum absolute atomic E-state index is 0.0998. The summed E-state index contributed by atoms with van der Waals surface area (Å²) in [4.78, 5) is 24.0. The monoisotopic (exact) mass is 231 g/mol. The number of carboxylic acid groups (broad SMARTS) is 1. The minimum atomic E-state index is -0.719. The van der Waals surface area contributed by atoms with Gasteiger partial charge in [-0.25, -0.2) is 0 Å². The molecule has 0 radical (unpaired) electrons. The molecular weight excluding hydrogens is 218 g/mol. The first kappa shape index (κ1) is 10.3. The Morgan fingerprint density at radius 1 is 1.47 bits per heavy atom. The van der Waals surface area contributed by atoms with Crippen molar-refractivity contribution in [2.24, 2.45) is 5.92 Å². The SMILES string of the molecule is CN1C(=O)Cc2cc(C3CC3C(=O)O)ccc21. The fraction of sp³-hybridized carbons (Fsp3) is 0.385. The van der Waals surface area contributed by atoms with Gasteiger partial charge in [-0.15, -0.1) is 0 Å². The Hall–Kier alpha value is -1.84. The lowest BCUT2D eigenvalue weighted by molar-refractivity contribution is -0.138. The number of rotatable bonds is 2. The van der Waals surface area contributed by atoms with E-state index in [9.17, 15) is 9.59 Å². The smallest absolute Gasteiger partial charge is 0.307 e. The lowest BCUT2D eigenvalue weighted by Gasteiger charge is -2.10. The maximum Gasteiger partial charge on any atom is 0.307 e. The first-order valence-corrected chi connectivity index (χ1v) is 5.70. The molecule has 0 aromatic heterocycles. The average Bonchev–Trinajstić information content (AvgIpc) is 3.03. The van der Waals surface area contributed by atoms with Gasteiger partial charge < -0.3 is 10.0 Å². The van der Waals surface area contributed by atoms with E-state index in [1.165, 1.54) is 0 Å². The Bertz CT molecular complexity index is 523. The fourth-order valence-electron chi connectivity index (χ4n) is 2.56. The number of hydrogen-bond donors (Lipinski definition) is 1. The molecule has 1 aromatic rings. The number of carboxylic acids is 1. The van der Waals surface area contributed by atoms with E-state index in [-0.39, 0.29) is 17.7 Å². The quantitative estimate of drug-likeness (QED) is 0.836. The van der Waals surface area contributed by atoms with Crippen LogP contribution in [0.4, 0.5) is 5.69 Å². The second-order valence-corrected chi connectivity index (χ2v) is 4.80. The van der Waals surface area contributed by atoms with E-state index < -0.39 is 5.97 Å². The van der Waals surface area contributed by atoms with Crippen molar-refractivity contribution < 1.29 is 14.7 Å². The molecule has 1 fully saturated rings. The lowest BCUT2D eigenvalue weighted by atomic mass is 10.0. The third-order valence-electron chi connectivity index (χ3n) is 3.72. The molecule has 88 valence electrons. The van der Waals surface area contributed by atoms with E-state index in [2.05, 4.69) is 0 Å². The summed E-state index contributed by atoms with van der Waals surface area (Å²) in [6.07, 6.45) is 1.15. The van der Waals surface area contributed by atoms with Crippen LogP contribution in [0.1, 0.15) is 23.5 Å². The summed E-state index contributed by atoms with van der Waals surface area (Å²) in [5, 5.41) is 8.90. The van der Waals surface area contributed by atoms with Crippen molar-refractivity contribution in [2.45, 2.75) is 18.8 Å². The van der Waals surface area contributed by atoms with Crippen LogP contribution in [0.25, 0.3) is 0 Å². The number of carbonyl (C=O) groups is 2. The number of aliphatic carboxylic acids is 1. The molecule has 0 bridgehead atoms. The summed E-state index contributed by atoms with van der Waals surface area (Å²) in [5.41, 5.74) is 3.02. The molecule has 2 atom stereocenters. The Balaban J connectivity index is 1.89. The number of carbonyl (C=O) groups excluding carboxylic acids is 1. The van der Waals surface area contributed by atoms with Gasteiger partial charge >= 0.3 is 5.97 Å². The Kier molecular flexibility index (Phi) is 2.02. The topological polar surface area (TPSA) is 57.6 Å². The predicted molar refractivity (Wildman–Crippen MR) is 62.0 cm³/mol. The van der Waals surface area contributed by atoms with Gasteiger partial charge in [0.2, 0.25) is 5.91 Å². The number of amides is 1. The van der Waals surface area contributed by atoms with Gasteiger partial charge in [-0.1, -0.05) is 12.1 Å². The van der Waals surface area contributed by atoms with Gasteiger partial charge in [-0.2, -0.15) is 0 Å². The Morgan fingerprint density at radius 2 is 2.24 bits per heavy atom. The van der Waals surface area contributed by atoms with Crippen molar-refractivity contribution in [3.05, 3.63) is 29.3 Å². The maximum atomic E-state index is 11.5. The van der Waals surface area contributed by atoms with E-state index in [0.29, 0.717) is 6.42 Å². The molecule has 4 nitrogen and oxygen atoms in total. The van der Waals surface area contributed by atoms with E-state index in [0.717, 1.165) is 23.2 Å². The molecule has 4 heteroatoms. The van der Waals surface area contributed by atoms with Crippen LogP contribution in [0.5, 0.6) is 0 Å². The summed E-state index contributed by atoms with van der Waals surface area (Å²) in [5.74, 6) is -0.715. The summed E-state index contributed by atoms with van der Waals surface area (Å²) in [7, 11) is 1.77. The van der Waals surface area contributed by atoms with E-state index in [1.807, 2.05) is 18.2 Å². The summed E-state index contributed by atoms with van der Waals surface area (Å²) >= 11 is 0. The number of likely N-dealkylation sites (N-methyl/N-ethyl adjacent to an activating group) is 1. The van der Waals surface area contributed by atoms with Crippen molar-refractivity contribution in [1.29, 1.82) is 0 Å². The molecule has 1 aliphatic heterocycles. The van der Waals surface area contributed by atoms with Gasteiger partial charge in [-0.05, 0) is 29.5 Å². The molecule has 0 saturated heterocycles. The van der Waals surface area contributed by atoms with Gasteiger partial charge in [0.1, 0.15) is 0 Å². The van der Waals surface area contributed by atoms with Gasteiger partial charge in [0.25, 0.3) is 0 Å². The number of nitrogens with zero attached hydrogens (tertiary/aromatic N) is 1. The van der Waals surface area contributed by atoms with E-state index in [1.54, 1.807) is 11.9 Å². The van der Waals surface area contributed by atoms with E-state index >= 15 is 0 Å². The van der Waals surface area contributed by atoms with Crippen molar-refractivity contribution in [2.75, 3.05) is 11.9 Å². The molecule has 0 spiro atoms. The molecule has 2 aliphatic rings. The summed E-state index contributed by atoms with van der Waals surface area (Å²) < 4.78 is 0. The standard InChI is InChI=1S/C13H13NO3/c1-14-11-3-2-7(4-8(11)5-12(14)15)9-6-10(9)13(16)17/h2-4,9-10H,5-6H2,1H3,(H,16,17). The van der Waals surface area contributed by atoms with Crippen LogP contribution in [-0.4, -0.2) is 24.0 Å².